The van der Waals surface area contributed by atoms with E-state index in [0.717, 1.165) is 24.2 Å². The molecular formula is C19H23ClN4O2S. The average molecular weight is 407 g/mol. The minimum absolute atomic E-state index is 0.147. The number of methoxy groups -OCH3 is 1. The van der Waals surface area contributed by atoms with E-state index in [1.165, 1.54) is 7.11 Å². The van der Waals surface area contributed by atoms with Gasteiger partial charge in [-0.25, -0.2) is 4.68 Å². The third-order valence-corrected chi connectivity index (χ3v) is 5.12. The second kappa shape index (κ2) is 8.82. The van der Waals surface area contributed by atoms with Gasteiger partial charge in [0.15, 0.2) is 4.77 Å². The highest BCUT2D eigenvalue weighted by Crippen LogP contribution is 2.39. The summed E-state index contributed by atoms with van der Waals surface area (Å²) < 4.78 is 9.30. The first-order valence-electron chi connectivity index (χ1n) is 8.84. The quantitative estimate of drug-likeness (QED) is 0.360. The van der Waals surface area contributed by atoms with Crippen LogP contribution in [0.3, 0.4) is 0 Å². The van der Waals surface area contributed by atoms with Gasteiger partial charge in [0.2, 0.25) is 0 Å². The molecule has 1 heterocycles. The Balaban J connectivity index is 1.83. The van der Waals surface area contributed by atoms with Gasteiger partial charge in [-0.3, -0.25) is 14.3 Å². The van der Waals surface area contributed by atoms with E-state index in [1.807, 2.05) is 39.8 Å². The van der Waals surface area contributed by atoms with Crippen molar-refractivity contribution in [1.82, 2.24) is 19.2 Å². The van der Waals surface area contributed by atoms with Crippen LogP contribution in [0.25, 0.3) is 0 Å². The zero-order chi connectivity index (χ0) is 19.4. The molecule has 0 spiro atoms. The first-order chi connectivity index (χ1) is 13.0. The largest absolute Gasteiger partial charge is 0.468 e. The third kappa shape index (κ3) is 5.06. The molecular weight excluding hydrogens is 384 g/mol. The van der Waals surface area contributed by atoms with Crippen molar-refractivity contribution in [3.05, 3.63) is 58.1 Å². The highest BCUT2D eigenvalue weighted by atomic mass is 35.5. The molecule has 1 aromatic heterocycles. The lowest BCUT2D eigenvalue weighted by Gasteiger charge is -2.21. The minimum Gasteiger partial charge on any atom is -0.468 e. The summed E-state index contributed by atoms with van der Waals surface area (Å²) in [5, 5.41) is 5.41. The maximum Gasteiger partial charge on any atom is 0.319 e. The fourth-order valence-electron chi connectivity index (χ4n) is 2.93. The fraction of sp³-hybridized carbons (Fsp3) is 0.421. The lowest BCUT2D eigenvalue weighted by Crippen LogP contribution is -2.32. The van der Waals surface area contributed by atoms with Gasteiger partial charge in [0, 0.05) is 24.0 Å². The molecule has 1 saturated carbocycles. The van der Waals surface area contributed by atoms with Crippen molar-refractivity contribution in [2.45, 2.75) is 38.5 Å². The highest BCUT2D eigenvalue weighted by molar-refractivity contribution is 7.71. The molecule has 27 heavy (non-hydrogen) atoms. The topological polar surface area (TPSA) is 52.3 Å². The summed E-state index contributed by atoms with van der Waals surface area (Å²) in [6.45, 7) is 5.56. The SMILES string of the molecule is C=CCn1c(C2CC2)nn(CN(CC(=O)OC)Cc2ccc(Cl)cc2)c1=S. The van der Waals surface area contributed by atoms with E-state index in [0.29, 0.717) is 35.5 Å². The Morgan fingerprint density at radius 2 is 2.15 bits per heavy atom. The number of hydrogen-bond donors (Lipinski definition) is 0. The average Bonchev–Trinajstić information content (AvgIpc) is 3.45. The molecule has 0 bridgehead atoms. The Morgan fingerprint density at radius 1 is 1.44 bits per heavy atom. The Kier molecular flexibility index (Phi) is 6.46. The Labute approximate surface area is 169 Å². The van der Waals surface area contributed by atoms with Crippen molar-refractivity contribution < 1.29 is 9.53 Å². The summed E-state index contributed by atoms with van der Waals surface area (Å²) in [6, 6.07) is 7.56. The second-order valence-corrected chi connectivity index (χ2v) is 7.45. The van der Waals surface area contributed by atoms with Crippen molar-refractivity contribution in [2.75, 3.05) is 13.7 Å². The summed E-state index contributed by atoms with van der Waals surface area (Å²) in [5.41, 5.74) is 1.04. The number of hydrogen-bond acceptors (Lipinski definition) is 5. The van der Waals surface area contributed by atoms with E-state index < -0.39 is 0 Å². The van der Waals surface area contributed by atoms with Crippen molar-refractivity contribution in [3.8, 4) is 0 Å². The maximum atomic E-state index is 11.9. The van der Waals surface area contributed by atoms with Crippen molar-refractivity contribution in [2.24, 2.45) is 0 Å². The van der Waals surface area contributed by atoms with Gasteiger partial charge < -0.3 is 4.74 Å². The minimum atomic E-state index is -0.302. The van der Waals surface area contributed by atoms with E-state index in [4.69, 9.17) is 33.7 Å². The number of carbonyl (C=O) groups excluding carboxylic acids is 1. The molecule has 0 N–H and O–H groups in total. The first-order valence-corrected chi connectivity index (χ1v) is 9.62. The molecule has 0 aliphatic heterocycles. The van der Waals surface area contributed by atoms with Gasteiger partial charge in [-0.15, -0.1) is 6.58 Å². The molecule has 8 heteroatoms. The summed E-state index contributed by atoms with van der Waals surface area (Å²) in [5.74, 6) is 1.17. The van der Waals surface area contributed by atoms with Crippen molar-refractivity contribution in [3.63, 3.8) is 0 Å². The van der Waals surface area contributed by atoms with Crippen LogP contribution in [-0.4, -0.2) is 38.9 Å². The fourth-order valence-corrected chi connectivity index (χ4v) is 3.33. The number of benzene rings is 1. The smallest absolute Gasteiger partial charge is 0.319 e. The number of allylic oxidation sites excluding steroid dienone is 1. The Hall–Kier alpha value is -1.96. The second-order valence-electron chi connectivity index (χ2n) is 6.64. The van der Waals surface area contributed by atoms with Gasteiger partial charge in [-0.1, -0.05) is 29.8 Å². The number of carbonyl (C=O) groups is 1. The molecule has 0 unspecified atom stereocenters. The van der Waals surface area contributed by atoms with Crippen LogP contribution >= 0.6 is 23.8 Å². The van der Waals surface area contributed by atoms with Crippen LogP contribution in [-0.2, 0) is 29.3 Å². The first kappa shape index (κ1) is 19.8. The predicted octanol–water partition coefficient (Wildman–Crippen LogP) is 3.76. The number of halogens is 1. The van der Waals surface area contributed by atoms with Crippen LogP contribution in [0.5, 0.6) is 0 Å². The highest BCUT2D eigenvalue weighted by Gasteiger charge is 2.30. The van der Waals surface area contributed by atoms with Gasteiger partial charge in [-0.05, 0) is 42.8 Å². The standard InChI is InChI=1S/C19H23ClN4O2S/c1-3-10-23-18(15-6-7-15)21-24(19(23)27)13-22(12-17(25)26-2)11-14-4-8-16(20)9-5-14/h3-5,8-9,15H,1,6-7,10-13H2,2H3. The normalized spacial score (nSPS) is 13.7. The van der Waals surface area contributed by atoms with E-state index in [-0.39, 0.29) is 12.5 Å². The lowest BCUT2D eigenvalue weighted by molar-refractivity contribution is -0.142. The molecule has 1 fully saturated rings. The van der Waals surface area contributed by atoms with E-state index >= 15 is 0 Å². The number of esters is 1. The van der Waals surface area contributed by atoms with E-state index in [9.17, 15) is 4.79 Å². The van der Waals surface area contributed by atoms with Crippen LogP contribution < -0.4 is 0 Å². The van der Waals surface area contributed by atoms with Gasteiger partial charge in [-0.2, -0.15) is 5.10 Å². The molecule has 2 aromatic rings. The molecule has 0 amide bonds. The zero-order valence-corrected chi connectivity index (χ0v) is 16.9. The van der Waals surface area contributed by atoms with E-state index in [2.05, 4.69) is 6.58 Å². The molecule has 144 valence electrons. The molecule has 1 aliphatic rings. The zero-order valence-electron chi connectivity index (χ0n) is 15.3. The number of nitrogens with zero attached hydrogens (tertiary/aromatic N) is 4. The number of ether oxygens (including phenoxy) is 1. The van der Waals surface area contributed by atoms with Gasteiger partial charge in [0.05, 0.1) is 20.3 Å². The monoisotopic (exact) mass is 406 g/mol. The predicted molar refractivity (Wildman–Crippen MR) is 107 cm³/mol. The van der Waals surface area contributed by atoms with Gasteiger partial charge >= 0.3 is 5.97 Å². The molecule has 0 atom stereocenters. The Bertz CT molecular complexity index is 871. The van der Waals surface area contributed by atoms with Gasteiger partial charge in [0.25, 0.3) is 0 Å². The van der Waals surface area contributed by atoms with Crippen molar-refractivity contribution >= 4 is 29.8 Å². The maximum absolute atomic E-state index is 11.9. The van der Waals surface area contributed by atoms with Crippen LogP contribution in [0.2, 0.25) is 5.02 Å². The number of aromatic nitrogens is 3. The summed E-state index contributed by atoms with van der Waals surface area (Å²) >= 11 is 11.6. The molecule has 3 rings (SSSR count). The molecule has 1 aromatic carbocycles. The molecule has 0 saturated heterocycles. The van der Waals surface area contributed by atoms with Crippen LogP contribution in [0, 0.1) is 4.77 Å². The van der Waals surface area contributed by atoms with Crippen LogP contribution in [0.1, 0.15) is 30.1 Å². The van der Waals surface area contributed by atoms with Crippen molar-refractivity contribution in [1.29, 1.82) is 0 Å². The summed E-state index contributed by atoms with van der Waals surface area (Å²) in [6.07, 6.45) is 4.10. The van der Waals surface area contributed by atoms with Crippen LogP contribution in [0.4, 0.5) is 0 Å². The molecule has 0 radical (unpaired) electrons. The molecule has 6 nitrogen and oxygen atoms in total. The lowest BCUT2D eigenvalue weighted by atomic mass is 10.2. The van der Waals surface area contributed by atoms with Gasteiger partial charge in [0.1, 0.15) is 5.82 Å². The number of rotatable bonds is 9. The molecule has 1 aliphatic carbocycles. The van der Waals surface area contributed by atoms with E-state index in [1.54, 1.807) is 4.68 Å². The third-order valence-electron chi connectivity index (χ3n) is 4.44. The summed E-state index contributed by atoms with van der Waals surface area (Å²) in [7, 11) is 1.39. The van der Waals surface area contributed by atoms with Crippen LogP contribution in [0.15, 0.2) is 36.9 Å². The Morgan fingerprint density at radius 3 is 2.74 bits per heavy atom. The summed E-state index contributed by atoms with van der Waals surface area (Å²) in [4.78, 5) is 13.8.